The number of pyridine rings is 1. The van der Waals surface area contributed by atoms with Crippen molar-refractivity contribution in [3.63, 3.8) is 0 Å². The fourth-order valence-electron chi connectivity index (χ4n) is 3.10. The van der Waals surface area contributed by atoms with Crippen LogP contribution in [-0.4, -0.2) is 48.6 Å². The predicted molar refractivity (Wildman–Crippen MR) is 108 cm³/mol. The summed E-state index contributed by atoms with van der Waals surface area (Å²) >= 11 is 0. The fraction of sp³-hybridized carbons (Fsp3) is 0.250. The minimum absolute atomic E-state index is 0.0540. The Morgan fingerprint density at radius 1 is 1.29 bits per heavy atom. The third kappa shape index (κ3) is 3.81. The number of carbonyl (C=O) groups is 1. The first-order chi connectivity index (χ1) is 14.9. The molecular weight excluding hydrogens is 408 g/mol. The van der Waals surface area contributed by atoms with Crippen LogP contribution in [0.4, 0.5) is 14.6 Å². The molecule has 0 amide bonds. The van der Waals surface area contributed by atoms with Crippen molar-refractivity contribution in [2.24, 2.45) is 5.92 Å². The smallest absolute Gasteiger partial charge is 0.310 e. The number of methoxy groups -OCH3 is 1. The summed E-state index contributed by atoms with van der Waals surface area (Å²) in [5.74, 6) is -2.28. The van der Waals surface area contributed by atoms with Crippen molar-refractivity contribution in [1.29, 1.82) is 0 Å². The number of ether oxygens (including phenoxy) is 1. The number of aromatic nitrogens is 6. The third-order valence-electron chi connectivity index (χ3n) is 5.01. The number of rotatable bonds is 6. The molecule has 2 atom stereocenters. The number of aromatic amines is 1. The molecule has 11 heteroatoms. The lowest BCUT2D eigenvalue weighted by Gasteiger charge is -2.21. The summed E-state index contributed by atoms with van der Waals surface area (Å²) in [6.45, 7) is 3.37. The number of fused-ring (bicyclic) bond motifs is 1. The normalized spacial score (nSPS) is 13.2. The Labute approximate surface area is 175 Å². The maximum Gasteiger partial charge on any atom is 0.310 e. The van der Waals surface area contributed by atoms with Gasteiger partial charge < -0.3 is 15.0 Å². The molecule has 0 aliphatic heterocycles. The van der Waals surface area contributed by atoms with E-state index in [2.05, 4.69) is 30.2 Å². The van der Waals surface area contributed by atoms with Crippen molar-refractivity contribution in [3.8, 4) is 17.2 Å². The molecule has 0 fully saturated rings. The van der Waals surface area contributed by atoms with Crippen LogP contribution in [-0.2, 0) is 9.53 Å². The second-order valence-corrected chi connectivity index (χ2v) is 7.00. The second kappa shape index (κ2) is 8.09. The molecule has 9 nitrogen and oxygen atoms in total. The van der Waals surface area contributed by atoms with Gasteiger partial charge >= 0.3 is 5.97 Å². The standard InChI is InChI=1S/C20H19F2N7O2/c1-10(20(30)31-3)11(2)26-18-15(22)19(29-5-4-23-9-29)28-17(27-18)14-8-25-16-13(14)6-12(21)7-24-16/h4-11H,1-3H3,(H,24,25)(H,26,27,28). The first-order valence-corrected chi connectivity index (χ1v) is 9.42. The van der Waals surface area contributed by atoms with Crippen molar-refractivity contribution in [2.45, 2.75) is 19.9 Å². The highest BCUT2D eigenvalue weighted by Gasteiger charge is 2.25. The Bertz CT molecular complexity index is 1240. The molecule has 31 heavy (non-hydrogen) atoms. The summed E-state index contributed by atoms with van der Waals surface area (Å²) in [6.07, 6.45) is 7.09. The fourth-order valence-corrected chi connectivity index (χ4v) is 3.10. The number of anilines is 1. The van der Waals surface area contributed by atoms with E-state index in [1.807, 2.05) is 0 Å². The molecule has 0 spiro atoms. The largest absolute Gasteiger partial charge is 0.469 e. The highest BCUT2D eigenvalue weighted by molar-refractivity contribution is 5.91. The topological polar surface area (TPSA) is 111 Å². The van der Waals surface area contributed by atoms with Crippen LogP contribution in [0.3, 0.4) is 0 Å². The minimum atomic E-state index is -0.727. The lowest BCUT2D eigenvalue weighted by Crippen LogP contribution is -2.31. The van der Waals surface area contributed by atoms with Gasteiger partial charge in [-0.2, -0.15) is 4.39 Å². The number of imidazole rings is 1. The van der Waals surface area contributed by atoms with Gasteiger partial charge in [-0.25, -0.2) is 24.3 Å². The van der Waals surface area contributed by atoms with Crippen LogP contribution in [0.25, 0.3) is 28.2 Å². The maximum absolute atomic E-state index is 15.3. The molecule has 2 unspecified atom stereocenters. The molecule has 0 aromatic carbocycles. The van der Waals surface area contributed by atoms with Gasteiger partial charge in [0.2, 0.25) is 5.82 Å². The number of H-pyrrole nitrogens is 1. The van der Waals surface area contributed by atoms with Crippen LogP contribution in [0.1, 0.15) is 13.8 Å². The van der Waals surface area contributed by atoms with E-state index in [0.717, 1.165) is 6.20 Å². The van der Waals surface area contributed by atoms with Crippen LogP contribution < -0.4 is 5.32 Å². The lowest BCUT2D eigenvalue weighted by molar-refractivity contribution is -0.145. The van der Waals surface area contributed by atoms with Crippen molar-refractivity contribution < 1.29 is 18.3 Å². The molecule has 4 aromatic heterocycles. The van der Waals surface area contributed by atoms with E-state index in [9.17, 15) is 9.18 Å². The van der Waals surface area contributed by atoms with E-state index in [1.54, 1.807) is 20.0 Å². The molecule has 4 aromatic rings. The maximum atomic E-state index is 15.3. The summed E-state index contributed by atoms with van der Waals surface area (Å²) < 4.78 is 35.2. The van der Waals surface area contributed by atoms with Crippen LogP contribution >= 0.6 is 0 Å². The summed E-state index contributed by atoms with van der Waals surface area (Å²) in [5, 5.41) is 3.38. The van der Waals surface area contributed by atoms with Gasteiger partial charge in [-0.15, -0.1) is 0 Å². The van der Waals surface area contributed by atoms with E-state index >= 15 is 4.39 Å². The first kappa shape index (κ1) is 20.4. The molecule has 0 radical (unpaired) electrons. The number of halogens is 2. The Balaban J connectivity index is 1.84. The van der Waals surface area contributed by atoms with Crippen molar-refractivity contribution >= 4 is 22.8 Å². The van der Waals surface area contributed by atoms with Gasteiger partial charge in [0, 0.05) is 35.6 Å². The Morgan fingerprint density at radius 2 is 2.10 bits per heavy atom. The Morgan fingerprint density at radius 3 is 2.81 bits per heavy atom. The molecule has 0 saturated carbocycles. The lowest BCUT2D eigenvalue weighted by atomic mass is 10.0. The molecule has 4 heterocycles. The molecular formula is C20H19F2N7O2. The number of hydrogen-bond donors (Lipinski definition) is 2. The SMILES string of the molecule is COC(=O)C(C)C(C)Nc1nc(-c2c[nH]c3ncc(F)cc23)nc(-n2ccnc2)c1F. The van der Waals surface area contributed by atoms with Crippen LogP contribution in [0.2, 0.25) is 0 Å². The summed E-state index contributed by atoms with van der Waals surface area (Å²) in [7, 11) is 1.29. The quantitative estimate of drug-likeness (QED) is 0.455. The summed E-state index contributed by atoms with van der Waals surface area (Å²) in [5.41, 5.74) is 0.885. The van der Waals surface area contributed by atoms with E-state index < -0.39 is 29.6 Å². The van der Waals surface area contributed by atoms with Gasteiger partial charge in [-0.1, -0.05) is 0 Å². The highest BCUT2D eigenvalue weighted by atomic mass is 19.1. The number of nitrogens with one attached hydrogen (secondary N) is 2. The molecule has 2 N–H and O–H groups in total. The zero-order valence-electron chi connectivity index (χ0n) is 16.9. The molecule has 160 valence electrons. The predicted octanol–water partition coefficient (Wildman–Crippen LogP) is 3.09. The van der Waals surface area contributed by atoms with Crippen molar-refractivity contribution in [2.75, 3.05) is 12.4 Å². The minimum Gasteiger partial charge on any atom is -0.469 e. The van der Waals surface area contributed by atoms with Crippen LogP contribution in [0.5, 0.6) is 0 Å². The number of carbonyl (C=O) groups excluding carboxylic acids is 1. The van der Waals surface area contributed by atoms with Crippen LogP contribution in [0, 0.1) is 17.6 Å². The molecule has 0 aliphatic carbocycles. The van der Waals surface area contributed by atoms with Gasteiger partial charge in [0.25, 0.3) is 0 Å². The van der Waals surface area contributed by atoms with Crippen molar-refractivity contribution in [1.82, 2.24) is 29.5 Å². The monoisotopic (exact) mass is 427 g/mol. The molecule has 0 aliphatic rings. The first-order valence-electron chi connectivity index (χ1n) is 9.42. The van der Waals surface area contributed by atoms with E-state index in [-0.39, 0.29) is 17.5 Å². The number of nitrogens with zero attached hydrogens (tertiary/aromatic N) is 5. The van der Waals surface area contributed by atoms with E-state index in [0.29, 0.717) is 16.6 Å². The average Bonchev–Trinajstić information content (AvgIpc) is 3.44. The second-order valence-electron chi connectivity index (χ2n) is 7.00. The number of esters is 1. The van der Waals surface area contributed by atoms with E-state index in [4.69, 9.17) is 4.74 Å². The zero-order chi connectivity index (χ0) is 22.1. The van der Waals surface area contributed by atoms with E-state index in [1.165, 1.54) is 36.5 Å². The number of hydrogen-bond acceptors (Lipinski definition) is 7. The highest BCUT2D eigenvalue weighted by Crippen LogP contribution is 2.29. The van der Waals surface area contributed by atoms with Gasteiger partial charge in [-0.3, -0.25) is 9.36 Å². The summed E-state index contributed by atoms with van der Waals surface area (Å²) in [6, 6.07) is 0.801. The van der Waals surface area contributed by atoms with Crippen molar-refractivity contribution in [3.05, 3.63) is 48.8 Å². The van der Waals surface area contributed by atoms with Gasteiger partial charge in [-0.05, 0) is 19.9 Å². The average molecular weight is 427 g/mol. The Kier molecular flexibility index (Phi) is 5.32. The van der Waals surface area contributed by atoms with Gasteiger partial charge in [0.05, 0.1) is 19.2 Å². The third-order valence-corrected chi connectivity index (χ3v) is 5.01. The van der Waals surface area contributed by atoms with Gasteiger partial charge in [0.15, 0.2) is 17.5 Å². The Hall–Kier alpha value is -3.89. The van der Waals surface area contributed by atoms with Gasteiger partial charge in [0.1, 0.15) is 17.8 Å². The van der Waals surface area contributed by atoms with Crippen LogP contribution in [0.15, 0.2) is 37.2 Å². The molecule has 0 saturated heterocycles. The molecule has 4 rings (SSSR count). The molecule has 0 bridgehead atoms. The summed E-state index contributed by atoms with van der Waals surface area (Å²) in [4.78, 5) is 31.4. The zero-order valence-corrected chi connectivity index (χ0v) is 16.9.